The molecule has 0 radical (unpaired) electrons. The summed E-state index contributed by atoms with van der Waals surface area (Å²) < 4.78 is 0. The van der Waals surface area contributed by atoms with E-state index in [1.54, 1.807) is 16.7 Å². The second kappa shape index (κ2) is 6.45. The Morgan fingerprint density at radius 3 is 2.78 bits per heavy atom. The van der Waals surface area contributed by atoms with Gasteiger partial charge in [0.1, 0.15) is 0 Å². The van der Waals surface area contributed by atoms with Gasteiger partial charge in [-0.3, -0.25) is 4.79 Å². The number of carbonyl (C=O) groups is 1. The maximum Gasteiger partial charge on any atom is 0.223 e. The van der Waals surface area contributed by atoms with Crippen LogP contribution >= 0.6 is 23.4 Å². The maximum absolute atomic E-state index is 11.8. The number of carbonyl (C=O) groups excluding carboxylic acids is 1. The van der Waals surface area contributed by atoms with Crippen LogP contribution < -0.4 is 0 Å². The van der Waals surface area contributed by atoms with Crippen LogP contribution in [0.2, 0.25) is 5.02 Å². The molecule has 3 nitrogen and oxygen atoms in total. The van der Waals surface area contributed by atoms with Gasteiger partial charge in [0.2, 0.25) is 5.91 Å². The van der Waals surface area contributed by atoms with E-state index in [2.05, 4.69) is 0 Å². The molecule has 0 bridgehead atoms. The van der Waals surface area contributed by atoms with Crippen molar-refractivity contribution in [2.45, 2.75) is 23.8 Å². The predicted octanol–water partition coefficient (Wildman–Crippen LogP) is 2.42. The van der Waals surface area contributed by atoms with Gasteiger partial charge in [-0.1, -0.05) is 11.6 Å². The molecule has 1 aliphatic heterocycles. The second-order valence-electron chi connectivity index (χ2n) is 4.33. The molecule has 1 saturated heterocycles. The summed E-state index contributed by atoms with van der Waals surface area (Å²) >= 11 is 7.45. The van der Waals surface area contributed by atoms with E-state index in [-0.39, 0.29) is 12.0 Å². The van der Waals surface area contributed by atoms with Crippen molar-refractivity contribution in [1.82, 2.24) is 4.90 Å². The number of benzene rings is 1. The zero-order chi connectivity index (χ0) is 13.0. The Kier molecular flexibility index (Phi) is 4.92. The first-order chi connectivity index (χ1) is 8.65. The van der Waals surface area contributed by atoms with Crippen molar-refractivity contribution in [3.63, 3.8) is 0 Å². The second-order valence-corrected chi connectivity index (χ2v) is 5.94. The third-order valence-corrected chi connectivity index (χ3v) is 4.18. The summed E-state index contributed by atoms with van der Waals surface area (Å²) in [7, 11) is 0. The number of rotatable bonds is 4. The van der Waals surface area contributed by atoms with Gasteiger partial charge in [0.25, 0.3) is 0 Å². The van der Waals surface area contributed by atoms with Crippen LogP contribution in [0.25, 0.3) is 0 Å². The summed E-state index contributed by atoms with van der Waals surface area (Å²) in [6.07, 6.45) is 0.883. The number of halogens is 1. The van der Waals surface area contributed by atoms with Crippen molar-refractivity contribution >= 4 is 29.3 Å². The van der Waals surface area contributed by atoms with Gasteiger partial charge in [0.15, 0.2) is 0 Å². The van der Waals surface area contributed by atoms with Crippen molar-refractivity contribution in [1.29, 1.82) is 0 Å². The van der Waals surface area contributed by atoms with Crippen LogP contribution in [0.5, 0.6) is 0 Å². The van der Waals surface area contributed by atoms with Crippen LogP contribution in [0.4, 0.5) is 0 Å². The van der Waals surface area contributed by atoms with Crippen LogP contribution in [0.3, 0.4) is 0 Å². The van der Waals surface area contributed by atoms with Crippen molar-refractivity contribution in [2.24, 2.45) is 0 Å². The number of likely N-dealkylation sites (tertiary alicyclic amines) is 1. The van der Waals surface area contributed by atoms with Gasteiger partial charge in [-0.05, 0) is 30.7 Å². The first kappa shape index (κ1) is 13.7. The molecular weight excluding hydrogens is 270 g/mol. The average molecular weight is 286 g/mol. The van der Waals surface area contributed by atoms with Crippen molar-refractivity contribution < 1.29 is 9.90 Å². The minimum atomic E-state index is -0.335. The van der Waals surface area contributed by atoms with E-state index in [0.717, 1.165) is 15.7 Å². The number of nitrogens with zero attached hydrogens (tertiary/aromatic N) is 1. The lowest BCUT2D eigenvalue weighted by molar-refractivity contribution is -0.130. The molecule has 1 aromatic rings. The number of β-amino-alcohol motifs (C(OH)–C–C–N with tert-alkyl or cyclic N) is 1. The average Bonchev–Trinajstić information content (AvgIpc) is 2.78. The quantitative estimate of drug-likeness (QED) is 0.864. The number of aliphatic hydroxyl groups excluding tert-OH is 1. The zero-order valence-corrected chi connectivity index (χ0v) is 11.6. The standard InChI is InChI=1S/C13H16ClNO2S/c14-10-1-3-12(4-2-10)18-8-6-13(17)15-7-5-11(16)9-15/h1-4,11,16H,5-9H2. The predicted molar refractivity (Wildman–Crippen MR) is 74.0 cm³/mol. The van der Waals surface area contributed by atoms with Crippen molar-refractivity contribution in [2.75, 3.05) is 18.8 Å². The summed E-state index contributed by atoms with van der Waals surface area (Å²) in [5.41, 5.74) is 0. The van der Waals surface area contributed by atoms with Crippen molar-refractivity contribution in [3.8, 4) is 0 Å². The van der Waals surface area contributed by atoms with Crippen LogP contribution in [-0.4, -0.2) is 40.9 Å². The van der Waals surface area contributed by atoms with Crippen LogP contribution in [-0.2, 0) is 4.79 Å². The summed E-state index contributed by atoms with van der Waals surface area (Å²) in [6.45, 7) is 1.18. The Bertz CT molecular complexity index is 410. The fourth-order valence-corrected chi connectivity index (χ4v) is 2.88. The first-order valence-electron chi connectivity index (χ1n) is 5.99. The highest BCUT2D eigenvalue weighted by Gasteiger charge is 2.23. The molecule has 0 spiro atoms. The molecule has 1 amide bonds. The lowest BCUT2D eigenvalue weighted by Crippen LogP contribution is -2.29. The molecule has 5 heteroatoms. The van der Waals surface area contributed by atoms with Gasteiger partial charge in [0.05, 0.1) is 6.10 Å². The molecule has 1 fully saturated rings. The molecule has 1 aliphatic rings. The summed E-state index contributed by atoms with van der Waals surface area (Å²) in [5, 5.41) is 10.1. The van der Waals surface area contributed by atoms with E-state index in [4.69, 9.17) is 11.6 Å². The Morgan fingerprint density at radius 2 is 2.17 bits per heavy atom. The summed E-state index contributed by atoms with van der Waals surface area (Å²) in [5.74, 6) is 0.889. The number of hydrogen-bond acceptors (Lipinski definition) is 3. The molecule has 98 valence electrons. The molecule has 0 saturated carbocycles. The van der Waals surface area contributed by atoms with Crippen molar-refractivity contribution in [3.05, 3.63) is 29.3 Å². The normalized spacial score (nSPS) is 19.2. The molecule has 1 atom stereocenters. The van der Waals surface area contributed by atoms with E-state index in [1.807, 2.05) is 24.3 Å². The van der Waals surface area contributed by atoms with E-state index in [9.17, 15) is 9.90 Å². The molecule has 2 rings (SSSR count). The number of thioether (sulfide) groups is 1. The minimum Gasteiger partial charge on any atom is -0.391 e. The first-order valence-corrected chi connectivity index (χ1v) is 7.36. The smallest absolute Gasteiger partial charge is 0.223 e. The van der Waals surface area contributed by atoms with Gasteiger partial charge < -0.3 is 10.0 Å². The molecule has 18 heavy (non-hydrogen) atoms. The minimum absolute atomic E-state index is 0.132. The van der Waals surface area contributed by atoms with Crippen LogP contribution in [0, 0.1) is 0 Å². The van der Waals surface area contributed by atoms with Crippen LogP contribution in [0.1, 0.15) is 12.8 Å². The molecule has 1 N–H and O–H groups in total. The number of hydrogen-bond donors (Lipinski definition) is 1. The zero-order valence-electron chi connectivity index (χ0n) is 10.0. The SMILES string of the molecule is O=C(CCSc1ccc(Cl)cc1)N1CCC(O)C1. The van der Waals surface area contributed by atoms with Gasteiger partial charge in [-0.15, -0.1) is 11.8 Å². The Balaban J connectivity index is 1.72. The molecule has 1 aromatic carbocycles. The molecule has 1 unspecified atom stereocenters. The molecule has 1 heterocycles. The highest BCUT2D eigenvalue weighted by molar-refractivity contribution is 7.99. The lowest BCUT2D eigenvalue weighted by Gasteiger charge is -2.15. The fraction of sp³-hybridized carbons (Fsp3) is 0.462. The highest BCUT2D eigenvalue weighted by atomic mass is 35.5. The fourth-order valence-electron chi connectivity index (χ4n) is 1.91. The highest BCUT2D eigenvalue weighted by Crippen LogP contribution is 2.21. The third kappa shape index (κ3) is 3.90. The summed E-state index contributed by atoms with van der Waals surface area (Å²) in [6, 6.07) is 7.61. The van der Waals surface area contributed by atoms with Gasteiger partial charge in [-0.25, -0.2) is 0 Å². The monoisotopic (exact) mass is 285 g/mol. The Labute approximate surface area is 116 Å². The Hall–Kier alpha value is -0.710. The summed E-state index contributed by atoms with van der Waals surface area (Å²) in [4.78, 5) is 14.7. The van der Waals surface area contributed by atoms with Gasteiger partial charge >= 0.3 is 0 Å². The lowest BCUT2D eigenvalue weighted by atomic mass is 10.3. The van der Waals surface area contributed by atoms with E-state index in [1.165, 1.54) is 0 Å². The van der Waals surface area contributed by atoms with E-state index in [0.29, 0.717) is 25.9 Å². The van der Waals surface area contributed by atoms with E-state index >= 15 is 0 Å². The topological polar surface area (TPSA) is 40.5 Å². The van der Waals surface area contributed by atoms with E-state index < -0.39 is 0 Å². The van der Waals surface area contributed by atoms with Crippen LogP contribution in [0.15, 0.2) is 29.2 Å². The third-order valence-electron chi connectivity index (χ3n) is 2.91. The van der Waals surface area contributed by atoms with Gasteiger partial charge in [0, 0.05) is 35.2 Å². The molecule has 0 aliphatic carbocycles. The molecule has 0 aromatic heterocycles. The maximum atomic E-state index is 11.8. The van der Waals surface area contributed by atoms with Gasteiger partial charge in [-0.2, -0.15) is 0 Å². The Morgan fingerprint density at radius 1 is 1.44 bits per heavy atom. The molecular formula is C13H16ClNO2S. The largest absolute Gasteiger partial charge is 0.391 e. The number of aliphatic hydroxyl groups is 1. The number of amides is 1.